The monoisotopic (exact) mass is 265 g/mol. The predicted octanol–water partition coefficient (Wildman–Crippen LogP) is 2.53. The van der Waals surface area contributed by atoms with Gasteiger partial charge >= 0.3 is 0 Å². The van der Waals surface area contributed by atoms with Crippen LogP contribution >= 0.6 is 0 Å². The number of nitrogens with zero attached hydrogens (tertiary/aromatic N) is 3. The molecule has 3 aromatic rings. The summed E-state index contributed by atoms with van der Waals surface area (Å²) >= 11 is 0. The number of pyridine rings is 1. The molecule has 3 N–H and O–H groups in total. The van der Waals surface area contributed by atoms with Gasteiger partial charge in [-0.05, 0) is 30.7 Å². The topological polar surface area (TPSA) is 76.7 Å². The molecule has 0 amide bonds. The number of hydrogen-bond donors (Lipinski definition) is 2. The number of fused-ring (bicyclic) bond motifs is 1. The molecule has 5 nitrogen and oxygen atoms in total. The van der Waals surface area contributed by atoms with Crippen molar-refractivity contribution in [1.29, 1.82) is 0 Å². The van der Waals surface area contributed by atoms with Crippen LogP contribution in [0, 0.1) is 6.92 Å². The van der Waals surface area contributed by atoms with E-state index in [9.17, 15) is 0 Å². The van der Waals surface area contributed by atoms with Gasteiger partial charge in [0.15, 0.2) is 0 Å². The van der Waals surface area contributed by atoms with E-state index in [1.54, 1.807) is 6.20 Å². The van der Waals surface area contributed by atoms with Crippen LogP contribution in [-0.4, -0.2) is 15.0 Å². The second-order valence-corrected chi connectivity index (χ2v) is 4.57. The third-order valence-corrected chi connectivity index (χ3v) is 3.16. The first kappa shape index (κ1) is 12.3. The molecule has 100 valence electrons. The lowest BCUT2D eigenvalue weighted by Crippen LogP contribution is -2.07. The van der Waals surface area contributed by atoms with Crippen LogP contribution in [0.3, 0.4) is 0 Å². The Hall–Kier alpha value is -2.69. The van der Waals surface area contributed by atoms with Crippen LogP contribution in [0.4, 0.5) is 11.8 Å². The van der Waals surface area contributed by atoms with E-state index in [2.05, 4.69) is 20.3 Å². The Balaban J connectivity index is 1.93. The van der Waals surface area contributed by atoms with Gasteiger partial charge in [0.05, 0.1) is 17.8 Å². The molecule has 0 spiro atoms. The highest BCUT2D eigenvalue weighted by atomic mass is 15.1. The van der Waals surface area contributed by atoms with Crippen LogP contribution in [0.5, 0.6) is 0 Å². The Morgan fingerprint density at radius 2 is 1.95 bits per heavy atom. The number of hydrogen-bond acceptors (Lipinski definition) is 5. The SMILES string of the molecule is Cc1cccnc1CNc1nc(N)nc2ccccc12. The van der Waals surface area contributed by atoms with Crippen molar-refractivity contribution in [2.45, 2.75) is 13.5 Å². The third kappa shape index (κ3) is 2.38. The van der Waals surface area contributed by atoms with Crippen molar-refractivity contribution in [3.05, 3.63) is 53.9 Å². The molecule has 2 heterocycles. The van der Waals surface area contributed by atoms with E-state index in [0.29, 0.717) is 6.54 Å². The average Bonchev–Trinajstić information content (AvgIpc) is 2.46. The van der Waals surface area contributed by atoms with Crippen LogP contribution in [-0.2, 0) is 6.54 Å². The highest BCUT2D eigenvalue weighted by Gasteiger charge is 2.06. The van der Waals surface area contributed by atoms with Gasteiger partial charge in [0.25, 0.3) is 0 Å². The maximum atomic E-state index is 5.75. The molecule has 0 bridgehead atoms. The maximum Gasteiger partial charge on any atom is 0.222 e. The van der Waals surface area contributed by atoms with Gasteiger partial charge in [0.1, 0.15) is 5.82 Å². The maximum absolute atomic E-state index is 5.75. The number of nitrogen functional groups attached to an aromatic ring is 1. The fourth-order valence-corrected chi connectivity index (χ4v) is 2.10. The fourth-order valence-electron chi connectivity index (χ4n) is 2.10. The number of nitrogens with two attached hydrogens (primary N) is 1. The van der Waals surface area contributed by atoms with Gasteiger partial charge < -0.3 is 11.1 Å². The second-order valence-electron chi connectivity index (χ2n) is 4.57. The summed E-state index contributed by atoms with van der Waals surface area (Å²) in [6.45, 7) is 2.64. The molecule has 20 heavy (non-hydrogen) atoms. The summed E-state index contributed by atoms with van der Waals surface area (Å²) in [6.07, 6.45) is 1.79. The van der Waals surface area contributed by atoms with Crippen LogP contribution in [0.1, 0.15) is 11.3 Å². The molecule has 0 atom stereocenters. The first-order chi connectivity index (χ1) is 9.74. The van der Waals surface area contributed by atoms with Gasteiger partial charge in [-0.1, -0.05) is 18.2 Å². The highest BCUT2D eigenvalue weighted by Crippen LogP contribution is 2.21. The largest absolute Gasteiger partial charge is 0.368 e. The Morgan fingerprint density at radius 3 is 2.80 bits per heavy atom. The van der Waals surface area contributed by atoms with Crippen LogP contribution in [0.15, 0.2) is 42.6 Å². The molecule has 1 aromatic carbocycles. The molecule has 0 unspecified atom stereocenters. The van der Waals surface area contributed by atoms with E-state index >= 15 is 0 Å². The molecule has 0 aliphatic heterocycles. The highest BCUT2D eigenvalue weighted by molar-refractivity contribution is 5.89. The Bertz CT molecular complexity index is 754. The summed E-state index contributed by atoms with van der Waals surface area (Å²) in [5.74, 6) is 1.00. The van der Waals surface area contributed by atoms with Crippen molar-refractivity contribution in [2.24, 2.45) is 0 Å². The molecule has 0 aliphatic rings. The lowest BCUT2D eigenvalue weighted by Gasteiger charge is -2.10. The molecular weight excluding hydrogens is 250 g/mol. The van der Waals surface area contributed by atoms with Crippen molar-refractivity contribution in [3.63, 3.8) is 0 Å². The minimum absolute atomic E-state index is 0.268. The number of rotatable bonds is 3. The summed E-state index contributed by atoms with van der Waals surface area (Å²) in [5, 5.41) is 4.25. The molecule has 0 saturated heterocycles. The second kappa shape index (κ2) is 5.13. The Morgan fingerprint density at radius 1 is 1.10 bits per heavy atom. The van der Waals surface area contributed by atoms with E-state index in [4.69, 9.17) is 5.73 Å². The average molecular weight is 265 g/mol. The van der Waals surface area contributed by atoms with Crippen molar-refractivity contribution >= 4 is 22.7 Å². The van der Waals surface area contributed by atoms with Gasteiger partial charge in [-0.2, -0.15) is 4.98 Å². The molecule has 5 heteroatoms. The number of para-hydroxylation sites is 1. The van der Waals surface area contributed by atoms with Crippen molar-refractivity contribution in [1.82, 2.24) is 15.0 Å². The van der Waals surface area contributed by atoms with E-state index in [1.165, 1.54) is 0 Å². The summed E-state index contributed by atoms with van der Waals surface area (Å²) < 4.78 is 0. The van der Waals surface area contributed by atoms with E-state index in [0.717, 1.165) is 28.0 Å². The molecule has 3 rings (SSSR count). The lowest BCUT2D eigenvalue weighted by molar-refractivity contribution is 1.01. The van der Waals surface area contributed by atoms with Gasteiger partial charge in [0.2, 0.25) is 5.95 Å². The summed E-state index contributed by atoms with van der Waals surface area (Å²) in [4.78, 5) is 12.9. The summed E-state index contributed by atoms with van der Waals surface area (Å²) in [6, 6.07) is 11.8. The molecular formula is C15H15N5. The number of anilines is 2. The zero-order valence-corrected chi connectivity index (χ0v) is 11.2. The minimum Gasteiger partial charge on any atom is -0.368 e. The quantitative estimate of drug-likeness (QED) is 0.761. The Kier molecular flexibility index (Phi) is 3.16. The van der Waals surface area contributed by atoms with E-state index in [1.807, 2.05) is 43.3 Å². The third-order valence-electron chi connectivity index (χ3n) is 3.16. The minimum atomic E-state index is 0.268. The van der Waals surface area contributed by atoms with Gasteiger partial charge in [-0.25, -0.2) is 4.98 Å². The van der Waals surface area contributed by atoms with Crippen LogP contribution in [0.2, 0.25) is 0 Å². The smallest absolute Gasteiger partial charge is 0.222 e. The van der Waals surface area contributed by atoms with Crippen molar-refractivity contribution < 1.29 is 0 Å². The molecule has 2 aromatic heterocycles. The Labute approximate surface area is 116 Å². The zero-order valence-electron chi connectivity index (χ0n) is 11.2. The first-order valence-corrected chi connectivity index (χ1v) is 6.40. The first-order valence-electron chi connectivity index (χ1n) is 6.40. The number of nitrogens with one attached hydrogen (secondary N) is 1. The van der Waals surface area contributed by atoms with Gasteiger partial charge in [-0.3, -0.25) is 4.98 Å². The normalized spacial score (nSPS) is 10.7. The van der Waals surface area contributed by atoms with Crippen LogP contribution < -0.4 is 11.1 Å². The lowest BCUT2D eigenvalue weighted by atomic mass is 10.2. The van der Waals surface area contributed by atoms with Gasteiger partial charge in [-0.15, -0.1) is 0 Å². The standard InChI is InChI=1S/C15H15N5/c1-10-5-4-8-17-13(10)9-18-14-11-6-2-3-7-12(11)19-15(16)20-14/h2-8H,9H2,1H3,(H3,16,18,19,20). The van der Waals surface area contributed by atoms with E-state index < -0.39 is 0 Å². The fraction of sp³-hybridized carbons (Fsp3) is 0.133. The molecule has 0 aliphatic carbocycles. The number of aromatic nitrogens is 3. The number of aryl methyl sites for hydroxylation is 1. The van der Waals surface area contributed by atoms with Crippen LogP contribution in [0.25, 0.3) is 10.9 Å². The van der Waals surface area contributed by atoms with Gasteiger partial charge in [0, 0.05) is 11.6 Å². The van der Waals surface area contributed by atoms with E-state index in [-0.39, 0.29) is 5.95 Å². The number of benzene rings is 1. The van der Waals surface area contributed by atoms with Crippen molar-refractivity contribution in [3.8, 4) is 0 Å². The molecule has 0 fully saturated rings. The predicted molar refractivity (Wildman–Crippen MR) is 80.3 cm³/mol. The summed E-state index contributed by atoms with van der Waals surface area (Å²) in [5.41, 5.74) is 8.72. The molecule has 0 radical (unpaired) electrons. The zero-order chi connectivity index (χ0) is 13.9. The summed E-state index contributed by atoms with van der Waals surface area (Å²) in [7, 11) is 0. The van der Waals surface area contributed by atoms with Crippen molar-refractivity contribution in [2.75, 3.05) is 11.1 Å². The molecule has 0 saturated carbocycles.